The van der Waals surface area contributed by atoms with Gasteiger partial charge in [0.1, 0.15) is 0 Å². The van der Waals surface area contributed by atoms with Crippen LogP contribution in [0.1, 0.15) is 33.1 Å². The lowest BCUT2D eigenvalue weighted by molar-refractivity contribution is -0.117. The summed E-state index contributed by atoms with van der Waals surface area (Å²) in [4.78, 5) is 11.4. The predicted molar refractivity (Wildman–Crippen MR) is 52.2 cm³/mol. The van der Waals surface area contributed by atoms with E-state index in [0.29, 0.717) is 5.57 Å². The van der Waals surface area contributed by atoms with Gasteiger partial charge in [-0.05, 0) is 26.0 Å². The highest BCUT2D eigenvalue weighted by Crippen LogP contribution is 2.05. The average molecular weight is 169 g/mol. The molecule has 70 valence electrons. The summed E-state index contributed by atoms with van der Waals surface area (Å²) in [5.41, 5.74) is 0.644. The lowest BCUT2D eigenvalue weighted by atomic mass is 10.0. The molecular formula is C10H19NO. The van der Waals surface area contributed by atoms with Crippen LogP contribution in [0.5, 0.6) is 0 Å². The third-order valence-corrected chi connectivity index (χ3v) is 1.93. The minimum atomic E-state index is -0.0255. The van der Waals surface area contributed by atoms with Crippen LogP contribution in [0.15, 0.2) is 12.2 Å². The molecule has 0 bridgehead atoms. The molecule has 2 heteroatoms. The van der Waals surface area contributed by atoms with Crippen molar-refractivity contribution in [3.63, 3.8) is 0 Å². The predicted octanol–water partition coefficient (Wildman–Crippen LogP) is 1.91. The van der Waals surface area contributed by atoms with Crippen LogP contribution in [0, 0.1) is 0 Å². The third-order valence-electron chi connectivity index (χ3n) is 1.93. The van der Waals surface area contributed by atoms with Gasteiger partial charge in [-0.2, -0.15) is 0 Å². The van der Waals surface area contributed by atoms with E-state index in [1.54, 1.807) is 6.92 Å². The summed E-state index contributed by atoms with van der Waals surface area (Å²) in [6.45, 7) is 7.53. The molecule has 0 heterocycles. The molecule has 12 heavy (non-hydrogen) atoms. The van der Waals surface area contributed by atoms with Gasteiger partial charge in [0, 0.05) is 0 Å². The van der Waals surface area contributed by atoms with Crippen LogP contribution < -0.4 is 5.32 Å². The number of hydrogen-bond donors (Lipinski definition) is 1. The van der Waals surface area contributed by atoms with Crippen molar-refractivity contribution in [2.45, 2.75) is 39.2 Å². The molecule has 0 rings (SSSR count). The number of Topliss-reactive ketones (excluding diaryl/α,β-unsaturated/α-hetero) is 1. The van der Waals surface area contributed by atoms with E-state index in [2.05, 4.69) is 18.8 Å². The standard InChI is InChI=1S/C10H19NO/c1-5-6-7-9(11-4)10(12)8(2)3/h9,11H,2,5-7H2,1,3-4H3. The molecule has 0 radical (unpaired) electrons. The van der Waals surface area contributed by atoms with Gasteiger partial charge >= 0.3 is 0 Å². The highest BCUT2D eigenvalue weighted by Gasteiger charge is 2.15. The minimum absolute atomic E-state index is 0.0255. The van der Waals surface area contributed by atoms with Gasteiger partial charge < -0.3 is 5.32 Å². The molecule has 0 aliphatic rings. The van der Waals surface area contributed by atoms with Crippen molar-refractivity contribution < 1.29 is 4.79 Å². The number of nitrogens with one attached hydrogen (secondary N) is 1. The molecule has 0 aliphatic carbocycles. The fourth-order valence-electron chi connectivity index (χ4n) is 1.11. The van der Waals surface area contributed by atoms with Gasteiger partial charge in [0.2, 0.25) is 0 Å². The van der Waals surface area contributed by atoms with Gasteiger partial charge in [-0.15, -0.1) is 0 Å². The van der Waals surface area contributed by atoms with E-state index in [1.165, 1.54) is 0 Å². The van der Waals surface area contributed by atoms with Crippen LogP contribution in [0.4, 0.5) is 0 Å². The smallest absolute Gasteiger partial charge is 0.174 e. The van der Waals surface area contributed by atoms with Gasteiger partial charge in [0.15, 0.2) is 5.78 Å². The molecule has 0 fully saturated rings. The Morgan fingerprint density at radius 3 is 2.50 bits per heavy atom. The molecule has 2 nitrogen and oxygen atoms in total. The lowest BCUT2D eigenvalue weighted by Crippen LogP contribution is -2.34. The molecule has 0 aliphatic heterocycles. The zero-order chi connectivity index (χ0) is 9.56. The Hall–Kier alpha value is -0.630. The topological polar surface area (TPSA) is 29.1 Å². The first kappa shape index (κ1) is 11.4. The van der Waals surface area contributed by atoms with Crippen molar-refractivity contribution >= 4 is 5.78 Å². The summed E-state index contributed by atoms with van der Waals surface area (Å²) < 4.78 is 0. The normalized spacial score (nSPS) is 12.6. The van der Waals surface area contributed by atoms with E-state index in [-0.39, 0.29) is 11.8 Å². The number of unbranched alkanes of at least 4 members (excludes halogenated alkanes) is 1. The Morgan fingerprint density at radius 2 is 2.17 bits per heavy atom. The summed E-state index contributed by atoms with van der Waals surface area (Å²) in [6.07, 6.45) is 3.13. The molecule has 0 spiro atoms. The molecular weight excluding hydrogens is 150 g/mol. The number of carbonyl (C=O) groups excluding carboxylic acids is 1. The first-order valence-corrected chi connectivity index (χ1v) is 4.50. The Morgan fingerprint density at radius 1 is 1.58 bits per heavy atom. The quantitative estimate of drug-likeness (QED) is 0.615. The maximum absolute atomic E-state index is 11.4. The largest absolute Gasteiger partial charge is 0.310 e. The molecule has 0 saturated heterocycles. The van der Waals surface area contributed by atoms with Crippen molar-refractivity contribution in [2.75, 3.05) is 7.05 Å². The first-order chi connectivity index (χ1) is 5.63. The van der Waals surface area contributed by atoms with Crippen molar-refractivity contribution in [3.05, 3.63) is 12.2 Å². The average Bonchev–Trinajstić information content (AvgIpc) is 2.05. The maximum Gasteiger partial charge on any atom is 0.174 e. The highest BCUT2D eigenvalue weighted by atomic mass is 16.1. The van der Waals surface area contributed by atoms with Crippen LogP contribution in [0.25, 0.3) is 0 Å². The Balaban J connectivity index is 3.96. The first-order valence-electron chi connectivity index (χ1n) is 4.50. The van der Waals surface area contributed by atoms with Crippen molar-refractivity contribution in [3.8, 4) is 0 Å². The second-order valence-corrected chi connectivity index (χ2v) is 3.13. The Labute approximate surface area is 75.0 Å². The Bertz CT molecular complexity index is 163. The van der Waals surface area contributed by atoms with Crippen molar-refractivity contribution in [1.82, 2.24) is 5.32 Å². The second-order valence-electron chi connectivity index (χ2n) is 3.13. The van der Waals surface area contributed by atoms with Crippen LogP contribution in [-0.2, 0) is 4.79 Å². The van der Waals surface area contributed by atoms with Crippen LogP contribution in [0.3, 0.4) is 0 Å². The van der Waals surface area contributed by atoms with Gasteiger partial charge in [0.05, 0.1) is 6.04 Å². The van der Waals surface area contributed by atoms with E-state index in [1.807, 2.05) is 7.05 Å². The van der Waals surface area contributed by atoms with Gasteiger partial charge in [-0.3, -0.25) is 4.79 Å². The lowest BCUT2D eigenvalue weighted by Gasteiger charge is -2.13. The van der Waals surface area contributed by atoms with Crippen LogP contribution in [0.2, 0.25) is 0 Å². The summed E-state index contributed by atoms with van der Waals surface area (Å²) >= 11 is 0. The van der Waals surface area contributed by atoms with Gasteiger partial charge in [-0.25, -0.2) is 0 Å². The van der Waals surface area contributed by atoms with Gasteiger partial charge in [-0.1, -0.05) is 26.3 Å². The highest BCUT2D eigenvalue weighted by molar-refractivity contribution is 5.98. The molecule has 0 aromatic carbocycles. The zero-order valence-corrected chi connectivity index (χ0v) is 8.31. The van der Waals surface area contributed by atoms with E-state index in [4.69, 9.17) is 0 Å². The fraction of sp³-hybridized carbons (Fsp3) is 0.700. The number of rotatable bonds is 6. The van der Waals surface area contributed by atoms with Gasteiger partial charge in [0.25, 0.3) is 0 Å². The number of hydrogen-bond acceptors (Lipinski definition) is 2. The summed E-state index contributed by atoms with van der Waals surface area (Å²) in [7, 11) is 1.82. The van der Waals surface area contributed by atoms with E-state index >= 15 is 0 Å². The molecule has 1 unspecified atom stereocenters. The fourth-order valence-corrected chi connectivity index (χ4v) is 1.11. The molecule has 0 aromatic heterocycles. The van der Waals surface area contributed by atoms with Crippen molar-refractivity contribution in [1.29, 1.82) is 0 Å². The monoisotopic (exact) mass is 169 g/mol. The number of likely N-dealkylation sites (N-methyl/N-ethyl adjacent to an activating group) is 1. The summed E-state index contributed by atoms with van der Waals surface area (Å²) in [5.74, 6) is 0.144. The summed E-state index contributed by atoms with van der Waals surface area (Å²) in [5, 5.41) is 3.01. The molecule has 1 atom stereocenters. The van der Waals surface area contributed by atoms with E-state index < -0.39 is 0 Å². The van der Waals surface area contributed by atoms with Crippen LogP contribution >= 0.6 is 0 Å². The second kappa shape index (κ2) is 5.95. The number of carbonyl (C=O) groups is 1. The maximum atomic E-state index is 11.4. The Kier molecular flexibility index (Phi) is 5.64. The zero-order valence-electron chi connectivity index (χ0n) is 8.31. The molecule has 0 saturated carbocycles. The van der Waals surface area contributed by atoms with E-state index in [0.717, 1.165) is 19.3 Å². The summed E-state index contributed by atoms with van der Waals surface area (Å²) in [6, 6.07) is -0.0255. The third kappa shape index (κ3) is 3.67. The molecule has 0 amide bonds. The molecule has 1 N–H and O–H groups in total. The minimum Gasteiger partial charge on any atom is -0.310 e. The van der Waals surface area contributed by atoms with E-state index in [9.17, 15) is 4.79 Å². The molecule has 0 aromatic rings. The van der Waals surface area contributed by atoms with Crippen molar-refractivity contribution in [2.24, 2.45) is 0 Å². The number of ketones is 1. The SMILES string of the molecule is C=C(C)C(=O)C(CCCC)NC. The van der Waals surface area contributed by atoms with Crippen LogP contribution in [-0.4, -0.2) is 18.9 Å².